The quantitative estimate of drug-likeness (QED) is 0.413. The molecule has 0 saturated carbocycles. The first-order chi connectivity index (χ1) is 6.13. The van der Waals surface area contributed by atoms with Crippen molar-refractivity contribution in [3.05, 3.63) is 29.6 Å². The molecule has 0 aromatic carbocycles. The number of carbonyl (C=O) groups excluding carboxylic acids is 1. The van der Waals surface area contributed by atoms with Crippen LogP contribution in [0.25, 0.3) is 0 Å². The summed E-state index contributed by atoms with van der Waals surface area (Å²) in [7, 11) is 1.40. The lowest BCUT2D eigenvalue weighted by Crippen LogP contribution is -3.00. The van der Waals surface area contributed by atoms with Gasteiger partial charge in [0, 0.05) is 18.6 Å². The highest BCUT2D eigenvalue weighted by Gasteiger charge is 2.11. The average molecular weight is 216 g/mol. The SMILES string of the molecule is COC(=O)C[n+]1cc(C)ccc1C.[Cl-]. The molecule has 0 spiro atoms. The summed E-state index contributed by atoms with van der Waals surface area (Å²) in [6.07, 6.45) is 1.94. The summed E-state index contributed by atoms with van der Waals surface area (Å²) in [6, 6.07) is 4.00. The third kappa shape index (κ3) is 3.34. The fourth-order valence-electron chi connectivity index (χ4n) is 1.11. The second-order valence-corrected chi connectivity index (χ2v) is 3.05. The molecule has 1 heterocycles. The van der Waals surface area contributed by atoms with Crippen LogP contribution in [-0.4, -0.2) is 13.1 Å². The van der Waals surface area contributed by atoms with Gasteiger partial charge in [0.1, 0.15) is 0 Å². The van der Waals surface area contributed by atoms with Crippen molar-refractivity contribution in [3.63, 3.8) is 0 Å². The monoisotopic (exact) mass is 215 g/mol. The molecule has 0 radical (unpaired) electrons. The number of hydrogen-bond acceptors (Lipinski definition) is 2. The maximum atomic E-state index is 11.0. The lowest BCUT2D eigenvalue weighted by Gasteiger charge is -1.99. The summed E-state index contributed by atoms with van der Waals surface area (Å²) in [5.74, 6) is -0.223. The van der Waals surface area contributed by atoms with Gasteiger partial charge in [-0.05, 0) is 13.0 Å². The first-order valence-corrected chi connectivity index (χ1v) is 4.17. The molecule has 1 aromatic heterocycles. The summed E-state index contributed by atoms with van der Waals surface area (Å²) >= 11 is 0. The van der Waals surface area contributed by atoms with E-state index in [4.69, 9.17) is 0 Å². The first-order valence-electron chi connectivity index (χ1n) is 4.17. The molecule has 0 atom stereocenters. The Bertz CT molecular complexity index is 326. The van der Waals surface area contributed by atoms with Gasteiger partial charge in [0.2, 0.25) is 6.54 Å². The second kappa shape index (κ2) is 5.60. The fraction of sp³-hybridized carbons (Fsp3) is 0.400. The van der Waals surface area contributed by atoms with Gasteiger partial charge in [0.25, 0.3) is 0 Å². The van der Waals surface area contributed by atoms with E-state index < -0.39 is 0 Å². The van der Waals surface area contributed by atoms with Crippen LogP contribution in [-0.2, 0) is 16.1 Å². The largest absolute Gasteiger partial charge is 1.00 e. The van der Waals surface area contributed by atoms with Gasteiger partial charge in [-0.1, -0.05) is 0 Å². The van der Waals surface area contributed by atoms with Crippen molar-refractivity contribution in [2.45, 2.75) is 20.4 Å². The van der Waals surface area contributed by atoms with E-state index in [0.29, 0.717) is 0 Å². The van der Waals surface area contributed by atoms with Gasteiger partial charge in [0.05, 0.1) is 7.11 Å². The number of halogens is 1. The molecular formula is C10H14ClNO2. The molecular weight excluding hydrogens is 202 g/mol. The average Bonchev–Trinajstić information content (AvgIpc) is 2.11. The Balaban J connectivity index is 0.00000169. The molecule has 0 amide bonds. The lowest BCUT2D eigenvalue weighted by molar-refractivity contribution is -0.692. The number of nitrogens with zero attached hydrogens (tertiary/aromatic N) is 1. The number of esters is 1. The number of rotatable bonds is 2. The molecule has 1 aromatic rings. The van der Waals surface area contributed by atoms with Crippen LogP contribution < -0.4 is 17.0 Å². The van der Waals surface area contributed by atoms with E-state index in [1.54, 1.807) is 0 Å². The zero-order valence-electron chi connectivity index (χ0n) is 8.58. The van der Waals surface area contributed by atoms with E-state index in [2.05, 4.69) is 4.74 Å². The van der Waals surface area contributed by atoms with Crippen molar-refractivity contribution < 1.29 is 26.5 Å². The van der Waals surface area contributed by atoms with Crippen LogP contribution in [0.1, 0.15) is 11.3 Å². The molecule has 0 fully saturated rings. The molecule has 1 rings (SSSR count). The Hall–Kier alpha value is -1.09. The Morgan fingerprint density at radius 2 is 2.07 bits per heavy atom. The highest BCUT2D eigenvalue weighted by molar-refractivity contribution is 5.67. The third-order valence-corrected chi connectivity index (χ3v) is 1.93. The molecule has 0 aliphatic rings. The predicted octanol–water partition coefficient (Wildman–Crippen LogP) is -2.23. The van der Waals surface area contributed by atoms with Crippen LogP contribution in [0.3, 0.4) is 0 Å². The van der Waals surface area contributed by atoms with Crippen LogP contribution in [0.5, 0.6) is 0 Å². The number of ether oxygens (including phenoxy) is 1. The highest BCUT2D eigenvalue weighted by atomic mass is 35.5. The Kier molecular flexibility index (Phi) is 5.16. The number of aryl methyl sites for hydroxylation is 2. The molecule has 0 aliphatic carbocycles. The molecule has 78 valence electrons. The van der Waals surface area contributed by atoms with Gasteiger partial charge < -0.3 is 17.1 Å². The highest BCUT2D eigenvalue weighted by Crippen LogP contribution is 1.94. The maximum Gasteiger partial charge on any atom is 0.372 e. The van der Waals surface area contributed by atoms with Crippen molar-refractivity contribution >= 4 is 5.97 Å². The number of pyridine rings is 1. The van der Waals surface area contributed by atoms with Gasteiger partial charge in [-0.2, -0.15) is 4.57 Å². The summed E-state index contributed by atoms with van der Waals surface area (Å²) in [4.78, 5) is 11.0. The van der Waals surface area contributed by atoms with Crippen LogP contribution in [0, 0.1) is 13.8 Å². The Morgan fingerprint density at radius 1 is 1.43 bits per heavy atom. The van der Waals surface area contributed by atoms with Crippen LogP contribution in [0.4, 0.5) is 0 Å². The van der Waals surface area contributed by atoms with E-state index in [1.165, 1.54) is 7.11 Å². The lowest BCUT2D eigenvalue weighted by atomic mass is 10.3. The van der Waals surface area contributed by atoms with Gasteiger partial charge in [0.15, 0.2) is 11.9 Å². The van der Waals surface area contributed by atoms with E-state index in [0.717, 1.165) is 11.3 Å². The predicted molar refractivity (Wildman–Crippen MR) is 48.1 cm³/mol. The van der Waals surface area contributed by atoms with E-state index >= 15 is 0 Å². The van der Waals surface area contributed by atoms with Crippen molar-refractivity contribution in [2.24, 2.45) is 0 Å². The topological polar surface area (TPSA) is 30.2 Å². The van der Waals surface area contributed by atoms with Gasteiger partial charge in [-0.3, -0.25) is 0 Å². The van der Waals surface area contributed by atoms with Crippen molar-refractivity contribution in [1.82, 2.24) is 0 Å². The van der Waals surface area contributed by atoms with E-state index in [9.17, 15) is 4.79 Å². The Morgan fingerprint density at radius 3 is 2.64 bits per heavy atom. The van der Waals surface area contributed by atoms with Crippen LogP contribution in [0.2, 0.25) is 0 Å². The number of hydrogen-bond donors (Lipinski definition) is 0. The molecule has 0 unspecified atom stereocenters. The molecule has 0 aliphatic heterocycles. The summed E-state index contributed by atoms with van der Waals surface area (Å²) < 4.78 is 6.47. The van der Waals surface area contributed by atoms with E-state index in [1.807, 2.05) is 36.7 Å². The standard InChI is InChI=1S/C10H14NO2.ClH/c1-8-4-5-9(2)11(6-8)7-10(12)13-3;/h4-6H,7H2,1-3H3;1H/q+1;/p-1. The molecule has 0 bridgehead atoms. The smallest absolute Gasteiger partial charge is 0.372 e. The number of carbonyl (C=O) groups is 1. The van der Waals surface area contributed by atoms with Crippen molar-refractivity contribution in [2.75, 3.05) is 7.11 Å². The van der Waals surface area contributed by atoms with Gasteiger partial charge in [-0.25, -0.2) is 4.79 Å². The minimum Gasteiger partial charge on any atom is -1.00 e. The molecule has 3 nitrogen and oxygen atoms in total. The van der Waals surface area contributed by atoms with Crippen LogP contribution >= 0.6 is 0 Å². The zero-order valence-corrected chi connectivity index (χ0v) is 9.34. The molecule has 0 saturated heterocycles. The summed E-state index contributed by atoms with van der Waals surface area (Å²) in [5, 5.41) is 0. The number of methoxy groups -OCH3 is 1. The summed E-state index contributed by atoms with van der Waals surface area (Å²) in [6.45, 7) is 4.24. The van der Waals surface area contributed by atoms with Crippen molar-refractivity contribution in [1.29, 1.82) is 0 Å². The minimum absolute atomic E-state index is 0. The van der Waals surface area contributed by atoms with Gasteiger partial charge in [-0.15, -0.1) is 0 Å². The third-order valence-electron chi connectivity index (χ3n) is 1.93. The molecule has 4 heteroatoms. The maximum absolute atomic E-state index is 11.0. The molecule has 14 heavy (non-hydrogen) atoms. The Labute approximate surface area is 90.1 Å². The fourth-order valence-corrected chi connectivity index (χ4v) is 1.11. The summed E-state index contributed by atoms with van der Waals surface area (Å²) in [5.41, 5.74) is 2.19. The minimum atomic E-state index is -0.223. The first kappa shape index (κ1) is 12.9. The molecule has 0 N–H and O–H groups in total. The zero-order chi connectivity index (χ0) is 9.84. The van der Waals surface area contributed by atoms with Crippen LogP contribution in [0.15, 0.2) is 18.3 Å². The second-order valence-electron chi connectivity index (χ2n) is 3.05. The normalized spacial score (nSPS) is 9.07. The van der Waals surface area contributed by atoms with Gasteiger partial charge >= 0.3 is 5.97 Å². The van der Waals surface area contributed by atoms with Crippen molar-refractivity contribution in [3.8, 4) is 0 Å². The number of aromatic nitrogens is 1. The van der Waals surface area contributed by atoms with E-state index in [-0.39, 0.29) is 24.9 Å².